The summed E-state index contributed by atoms with van der Waals surface area (Å²) in [5.74, 6) is 0. The van der Waals surface area contributed by atoms with Crippen LogP contribution in [0.2, 0.25) is 5.02 Å². The number of nitrogens with two attached hydrogens (primary N) is 1. The zero-order valence-corrected chi connectivity index (χ0v) is 9.07. The van der Waals surface area contributed by atoms with E-state index in [0.717, 1.165) is 17.9 Å². The minimum Gasteiger partial charge on any atom is -0.463 e. The molecule has 0 radical (unpaired) electrons. The van der Waals surface area contributed by atoms with E-state index in [2.05, 4.69) is 11.1 Å². The molecule has 3 nitrogen and oxygen atoms in total. The van der Waals surface area contributed by atoms with Crippen LogP contribution in [0.25, 0.3) is 0 Å². The lowest BCUT2D eigenvalue weighted by molar-refractivity contribution is 0.308. The second-order valence-electron chi connectivity index (χ2n) is 3.60. The Bertz CT molecular complexity index is 379. The summed E-state index contributed by atoms with van der Waals surface area (Å²) in [6.07, 6.45) is 1.90. The van der Waals surface area contributed by atoms with E-state index in [0.29, 0.717) is 12.6 Å². The van der Waals surface area contributed by atoms with Gasteiger partial charge in [0.2, 0.25) is 0 Å². The van der Waals surface area contributed by atoms with Crippen LogP contribution in [0.4, 0.5) is 0 Å². The minimum absolute atomic E-state index is 0.198. The lowest BCUT2D eigenvalue weighted by atomic mass is 10.1. The summed E-state index contributed by atoms with van der Waals surface area (Å²) in [5, 5.41) is 0.776. The first-order valence-electron chi connectivity index (χ1n) is 4.94. The minimum atomic E-state index is 0.198. The van der Waals surface area contributed by atoms with Gasteiger partial charge in [0, 0.05) is 5.02 Å². The number of nitrogens with zero attached hydrogens (tertiary/aromatic N) is 1. The standard InChI is InChI=1S/C11H13ClN2O/c12-9-3-1-2-8(6-9)4-5-10-7-15-11(13)14-10/h1-3,6,10H,4-5,7H2,(H2,13,14)/t10-/m0/s1. The Labute approximate surface area is 93.9 Å². The summed E-state index contributed by atoms with van der Waals surface area (Å²) < 4.78 is 5.08. The van der Waals surface area contributed by atoms with Crippen LogP contribution in [-0.4, -0.2) is 18.7 Å². The van der Waals surface area contributed by atoms with Gasteiger partial charge in [0.25, 0.3) is 6.02 Å². The van der Waals surface area contributed by atoms with Crippen molar-refractivity contribution in [1.29, 1.82) is 0 Å². The Hall–Kier alpha value is -1.22. The number of aliphatic imine (C=N–C) groups is 1. The van der Waals surface area contributed by atoms with Gasteiger partial charge in [-0.05, 0) is 30.5 Å². The lowest BCUT2D eigenvalue weighted by Gasteiger charge is -2.04. The molecule has 80 valence electrons. The van der Waals surface area contributed by atoms with Gasteiger partial charge in [-0.3, -0.25) is 0 Å². The van der Waals surface area contributed by atoms with Crippen molar-refractivity contribution in [3.63, 3.8) is 0 Å². The normalized spacial score (nSPS) is 19.8. The zero-order chi connectivity index (χ0) is 10.7. The third-order valence-corrected chi connectivity index (χ3v) is 2.62. The third kappa shape index (κ3) is 2.86. The average molecular weight is 225 g/mol. The number of hydrogen-bond acceptors (Lipinski definition) is 3. The van der Waals surface area contributed by atoms with Crippen molar-refractivity contribution in [2.24, 2.45) is 10.7 Å². The number of aryl methyl sites for hydroxylation is 1. The molecular weight excluding hydrogens is 212 g/mol. The van der Waals surface area contributed by atoms with Gasteiger partial charge in [-0.2, -0.15) is 0 Å². The van der Waals surface area contributed by atoms with Crippen molar-refractivity contribution in [2.75, 3.05) is 6.61 Å². The van der Waals surface area contributed by atoms with Gasteiger partial charge in [0.15, 0.2) is 0 Å². The van der Waals surface area contributed by atoms with E-state index in [9.17, 15) is 0 Å². The molecule has 0 bridgehead atoms. The predicted octanol–water partition coefficient (Wildman–Crippen LogP) is 1.99. The lowest BCUT2D eigenvalue weighted by Crippen LogP contribution is -2.10. The molecule has 0 aliphatic carbocycles. The van der Waals surface area contributed by atoms with Gasteiger partial charge in [-0.15, -0.1) is 0 Å². The molecule has 1 atom stereocenters. The number of halogens is 1. The number of benzene rings is 1. The van der Waals surface area contributed by atoms with Crippen LogP contribution in [0.1, 0.15) is 12.0 Å². The predicted molar refractivity (Wildman–Crippen MR) is 61.1 cm³/mol. The maximum Gasteiger partial charge on any atom is 0.282 e. The summed E-state index contributed by atoms with van der Waals surface area (Å²) in [5.41, 5.74) is 6.65. The van der Waals surface area contributed by atoms with Crippen molar-refractivity contribution in [3.8, 4) is 0 Å². The monoisotopic (exact) mass is 224 g/mol. The van der Waals surface area contributed by atoms with Crippen molar-refractivity contribution in [3.05, 3.63) is 34.9 Å². The van der Waals surface area contributed by atoms with Gasteiger partial charge in [-0.1, -0.05) is 23.7 Å². The molecule has 1 heterocycles. The fraction of sp³-hybridized carbons (Fsp3) is 0.364. The molecule has 0 saturated heterocycles. The third-order valence-electron chi connectivity index (χ3n) is 2.39. The maximum absolute atomic E-state index is 5.89. The second kappa shape index (κ2) is 4.53. The molecule has 0 saturated carbocycles. The van der Waals surface area contributed by atoms with Crippen molar-refractivity contribution in [1.82, 2.24) is 0 Å². The van der Waals surface area contributed by atoms with Crippen LogP contribution < -0.4 is 5.73 Å². The Morgan fingerprint density at radius 2 is 2.40 bits per heavy atom. The molecule has 0 aromatic heterocycles. The zero-order valence-electron chi connectivity index (χ0n) is 8.32. The van der Waals surface area contributed by atoms with E-state index in [-0.39, 0.29) is 6.04 Å². The SMILES string of the molecule is NC1=N[C@@H](CCc2cccc(Cl)c2)CO1. The Balaban J connectivity index is 1.88. The molecule has 2 rings (SSSR count). The molecule has 0 unspecified atom stereocenters. The molecule has 0 fully saturated rings. The van der Waals surface area contributed by atoms with Crippen LogP contribution in [-0.2, 0) is 11.2 Å². The average Bonchev–Trinajstić information content (AvgIpc) is 2.62. The van der Waals surface area contributed by atoms with E-state index in [1.165, 1.54) is 5.56 Å². The van der Waals surface area contributed by atoms with Gasteiger partial charge in [-0.25, -0.2) is 4.99 Å². The molecule has 4 heteroatoms. The Morgan fingerprint density at radius 1 is 1.53 bits per heavy atom. The largest absolute Gasteiger partial charge is 0.463 e. The van der Waals surface area contributed by atoms with Crippen LogP contribution in [0, 0.1) is 0 Å². The molecular formula is C11H13ClN2O. The molecule has 1 aliphatic heterocycles. The quantitative estimate of drug-likeness (QED) is 0.854. The first kappa shape index (κ1) is 10.3. The summed E-state index contributed by atoms with van der Waals surface area (Å²) in [6.45, 7) is 0.604. The number of ether oxygens (including phenoxy) is 1. The molecule has 0 spiro atoms. The molecule has 1 aliphatic rings. The number of hydrogen-bond donors (Lipinski definition) is 1. The summed E-state index contributed by atoms with van der Waals surface area (Å²) in [6, 6.07) is 8.38. The van der Waals surface area contributed by atoms with Crippen molar-refractivity contribution in [2.45, 2.75) is 18.9 Å². The topological polar surface area (TPSA) is 47.6 Å². The maximum atomic E-state index is 5.89. The van der Waals surface area contributed by atoms with Gasteiger partial charge < -0.3 is 10.5 Å². The van der Waals surface area contributed by atoms with Crippen LogP contribution in [0.15, 0.2) is 29.3 Å². The molecule has 2 N–H and O–H groups in total. The summed E-state index contributed by atoms with van der Waals surface area (Å²) >= 11 is 5.89. The molecule has 0 amide bonds. The van der Waals surface area contributed by atoms with Crippen LogP contribution in [0.5, 0.6) is 0 Å². The van der Waals surface area contributed by atoms with E-state index < -0.39 is 0 Å². The smallest absolute Gasteiger partial charge is 0.282 e. The summed E-state index contributed by atoms with van der Waals surface area (Å²) in [4.78, 5) is 4.17. The molecule has 1 aromatic rings. The first-order chi connectivity index (χ1) is 7.24. The van der Waals surface area contributed by atoms with Crippen LogP contribution >= 0.6 is 11.6 Å². The Kier molecular flexibility index (Phi) is 3.11. The van der Waals surface area contributed by atoms with Crippen LogP contribution in [0.3, 0.4) is 0 Å². The molecule has 15 heavy (non-hydrogen) atoms. The Morgan fingerprint density at radius 3 is 3.07 bits per heavy atom. The highest BCUT2D eigenvalue weighted by Gasteiger charge is 2.15. The number of rotatable bonds is 3. The highest BCUT2D eigenvalue weighted by molar-refractivity contribution is 6.30. The van der Waals surface area contributed by atoms with E-state index >= 15 is 0 Å². The van der Waals surface area contributed by atoms with Gasteiger partial charge in [0.1, 0.15) is 6.61 Å². The summed E-state index contributed by atoms with van der Waals surface area (Å²) in [7, 11) is 0. The highest BCUT2D eigenvalue weighted by atomic mass is 35.5. The van der Waals surface area contributed by atoms with Crippen molar-refractivity contribution >= 4 is 17.6 Å². The van der Waals surface area contributed by atoms with E-state index in [1.807, 2.05) is 18.2 Å². The van der Waals surface area contributed by atoms with E-state index in [1.54, 1.807) is 0 Å². The van der Waals surface area contributed by atoms with Crippen molar-refractivity contribution < 1.29 is 4.74 Å². The second-order valence-corrected chi connectivity index (χ2v) is 4.04. The fourth-order valence-corrected chi connectivity index (χ4v) is 1.82. The fourth-order valence-electron chi connectivity index (χ4n) is 1.61. The van der Waals surface area contributed by atoms with E-state index in [4.69, 9.17) is 22.1 Å². The van der Waals surface area contributed by atoms with Gasteiger partial charge in [0.05, 0.1) is 6.04 Å². The highest BCUT2D eigenvalue weighted by Crippen LogP contribution is 2.15. The first-order valence-corrected chi connectivity index (χ1v) is 5.32. The number of amidine groups is 1. The van der Waals surface area contributed by atoms with Gasteiger partial charge >= 0.3 is 0 Å². The molecule has 1 aromatic carbocycles.